The second-order valence-electron chi connectivity index (χ2n) is 16.1. The Labute approximate surface area is 317 Å². The molecule has 3 unspecified atom stereocenters. The molecule has 6 N–H and O–H groups in total. The van der Waals surface area contributed by atoms with Crippen LogP contribution in [0, 0.1) is 29.6 Å². The lowest BCUT2D eigenvalue weighted by molar-refractivity contribution is -0.163. The van der Waals surface area contributed by atoms with E-state index in [2.05, 4.69) is 10.6 Å². The summed E-state index contributed by atoms with van der Waals surface area (Å²) in [5.41, 5.74) is -1.46. The molecule has 0 bridgehead atoms. The minimum Gasteiger partial charge on any atom is -0.480 e. The first-order chi connectivity index (χ1) is 24.8. The Morgan fingerprint density at radius 1 is 0.962 bits per heavy atom. The van der Waals surface area contributed by atoms with E-state index in [1.54, 1.807) is 40.0 Å². The van der Waals surface area contributed by atoms with Gasteiger partial charge in [0.05, 0.1) is 36.1 Å². The number of aliphatic hydroxyl groups is 2. The molecular weight excluding hydrogens is 729 g/mol. The maximum absolute atomic E-state index is 14.6. The number of fused-ring (bicyclic) bond motifs is 2. The van der Waals surface area contributed by atoms with Crippen LogP contribution in [0.4, 0.5) is 0 Å². The first kappa shape index (κ1) is 39.8. The highest BCUT2D eigenvalue weighted by atomic mass is 32.2. The summed E-state index contributed by atoms with van der Waals surface area (Å²) in [6.07, 6.45) is -1.38. The second kappa shape index (κ2) is 14.3. The number of likely N-dealkylation sites (N-methyl/N-ethyl adjacent to an activating group) is 2. The van der Waals surface area contributed by atoms with Gasteiger partial charge in [0.15, 0.2) is 0 Å². The number of rotatable bonds is 12. The van der Waals surface area contributed by atoms with Gasteiger partial charge < -0.3 is 45.3 Å². The molecule has 0 aromatic rings. The van der Waals surface area contributed by atoms with Crippen LogP contribution in [0.2, 0.25) is 0 Å². The van der Waals surface area contributed by atoms with Crippen molar-refractivity contribution in [1.29, 1.82) is 0 Å². The summed E-state index contributed by atoms with van der Waals surface area (Å²) in [7, 11) is 6.55. The van der Waals surface area contributed by atoms with E-state index < -0.39 is 82.6 Å². The number of nitrogens with one attached hydrogen (secondary N) is 2. The fourth-order valence-corrected chi connectivity index (χ4v) is 13.2. The van der Waals surface area contributed by atoms with Crippen LogP contribution in [0.15, 0.2) is 10.6 Å². The average Bonchev–Trinajstić information content (AvgIpc) is 3.51. The van der Waals surface area contributed by atoms with Crippen molar-refractivity contribution in [3.63, 3.8) is 0 Å². The summed E-state index contributed by atoms with van der Waals surface area (Å²) < 4.78 is 0. The molecule has 6 rings (SSSR count). The lowest BCUT2D eigenvalue weighted by Gasteiger charge is -2.46. The molecule has 4 amide bonds. The van der Waals surface area contributed by atoms with Gasteiger partial charge in [-0.3, -0.25) is 29.3 Å². The van der Waals surface area contributed by atoms with E-state index in [9.17, 15) is 49.2 Å². The predicted octanol–water partition coefficient (Wildman–Crippen LogP) is -1.09. The monoisotopic (exact) mass is 780 g/mol. The maximum atomic E-state index is 14.6. The van der Waals surface area contributed by atoms with Crippen LogP contribution in [0.25, 0.3) is 0 Å². The first-order valence-corrected chi connectivity index (χ1v) is 20.0. The first-order valence-electron chi connectivity index (χ1n) is 18.2. The number of β-lactam (4-membered cyclic amide) rings is 1. The van der Waals surface area contributed by atoms with Crippen LogP contribution in [0.1, 0.15) is 40.5 Å². The Bertz CT molecular complexity index is 1610. The lowest BCUT2D eigenvalue weighted by Crippen LogP contribution is -2.63. The minimum absolute atomic E-state index is 0.0246. The molecule has 1 saturated carbocycles. The number of likely N-dealkylation sites (tertiary alicyclic amines) is 1. The molecule has 53 heavy (non-hydrogen) atoms. The molecule has 0 aromatic heterocycles. The molecule has 16 nitrogen and oxygen atoms in total. The van der Waals surface area contributed by atoms with Crippen LogP contribution in [0.5, 0.6) is 0 Å². The van der Waals surface area contributed by atoms with Crippen LogP contribution in [-0.2, 0) is 28.8 Å². The van der Waals surface area contributed by atoms with Gasteiger partial charge in [-0.25, -0.2) is 4.79 Å². The molecule has 5 aliphatic heterocycles. The highest BCUT2D eigenvalue weighted by Gasteiger charge is 2.78. The summed E-state index contributed by atoms with van der Waals surface area (Å²) in [6.45, 7) is 7.33. The van der Waals surface area contributed by atoms with Crippen molar-refractivity contribution < 1.29 is 49.2 Å². The third kappa shape index (κ3) is 6.34. The zero-order chi connectivity index (χ0) is 39.2. The Morgan fingerprint density at radius 3 is 2.13 bits per heavy atom. The topological polar surface area (TPSA) is 220 Å². The van der Waals surface area contributed by atoms with E-state index in [0.717, 1.165) is 0 Å². The summed E-state index contributed by atoms with van der Waals surface area (Å²) >= 11 is 2.77. The van der Waals surface area contributed by atoms with Gasteiger partial charge in [-0.15, -0.1) is 11.8 Å². The molecule has 15 atom stereocenters. The smallest absolute Gasteiger partial charge is 0.353 e. The van der Waals surface area contributed by atoms with E-state index in [0.29, 0.717) is 17.9 Å². The average molecular weight is 781 g/mol. The summed E-state index contributed by atoms with van der Waals surface area (Å²) in [4.78, 5) is 85.1. The molecule has 0 aromatic carbocycles. The summed E-state index contributed by atoms with van der Waals surface area (Å²) in [6, 6.07) is -2.47. The van der Waals surface area contributed by atoms with Gasteiger partial charge in [0.2, 0.25) is 23.6 Å². The number of carbonyl (C=O) groups is 6. The minimum atomic E-state index is -1.32. The Kier molecular flexibility index (Phi) is 10.7. The van der Waals surface area contributed by atoms with Crippen LogP contribution in [-0.4, -0.2) is 175 Å². The molecule has 5 heterocycles. The van der Waals surface area contributed by atoms with Crippen molar-refractivity contribution in [2.45, 2.75) is 98.2 Å². The van der Waals surface area contributed by atoms with E-state index >= 15 is 0 Å². The molecular formula is C35H52N6O10S2. The zero-order valence-electron chi connectivity index (χ0n) is 31.3. The fourth-order valence-electron chi connectivity index (χ4n) is 9.70. The number of thioether (sulfide) groups is 2. The Balaban J connectivity index is 1.21. The third-order valence-corrected chi connectivity index (χ3v) is 15.5. The van der Waals surface area contributed by atoms with Crippen molar-refractivity contribution in [3.05, 3.63) is 10.6 Å². The van der Waals surface area contributed by atoms with Gasteiger partial charge in [-0.1, -0.05) is 13.8 Å². The molecule has 18 heteroatoms. The van der Waals surface area contributed by atoms with Crippen molar-refractivity contribution in [2.24, 2.45) is 29.6 Å². The second-order valence-corrected chi connectivity index (χ2v) is 18.9. The van der Waals surface area contributed by atoms with Gasteiger partial charge in [-0.2, -0.15) is 11.8 Å². The van der Waals surface area contributed by atoms with E-state index in [1.165, 1.54) is 45.2 Å². The number of aliphatic carboxylic acids is 2. The van der Waals surface area contributed by atoms with Crippen molar-refractivity contribution in [1.82, 2.24) is 30.2 Å². The van der Waals surface area contributed by atoms with Gasteiger partial charge in [0.1, 0.15) is 17.3 Å². The molecule has 4 saturated heterocycles. The molecule has 0 spiro atoms. The largest absolute Gasteiger partial charge is 0.480 e. The van der Waals surface area contributed by atoms with E-state index in [-0.39, 0.29) is 58.9 Å². The highest BCUT2D eigenvalue weighted by molar-refractivity contribution is 8.03. The number of carboxylic acids is 2. The van der Waals surface area contributed by atoms with Crippen LogP contribution >= 0.6 is 23.5 Å². The van der Waals surface area contributed by atoms with Crippen LogP contribution < -0.4 is 10.6 Å². The van der Waals surface area contributed by atoms with Gasteiger partial charge in [-0.05, 0) is 32.6 Å². The van der Waals surface area contributed by atoms with Crippen LogP contribution in [0.3, 0.4) is 0 Å². The van der Waals surface area contributed by atoms with Gasteiger partial charge in [0, 0.05) is 79.8 Å². The fraction of sp³-hybridized carbons (Fsp3) is 0.771. The summed E-state index contributed by atoms with van der Waals surface area (Å²) in [5, 5.41) is 48.0. The Morgan fingerprint density at radius 2 is 1.60 bits per heavy atom. The number of carbonyl (C=O) groups excluding carboxylic acids is 4. The molecule has 6 aliphatic rings. The van der Waals surface area contributed by atoms with Gasteiger partial charge >= 0.3 is 11.9 Å². The number of amides is 4. The molecule has 5 fully saturated rings. The molecule has 0 radical (unpaired) electrons. The zero-order valence-corrected chi connectivity index (χ0v) is 32.9. The predicted molar refractivity (Wildman–Crippen MR) is 195 cm³/mol. The van der Waals surface area contributed by atoms with Crippen molar-refractivity contribution >= 4 is 59.1 Å². The number of hydrogen-bond donors (Lipinski definition) is 6. The Hall–Kier alpha value is -2.90. The van der Waals surface area contributed by atoms with E-state index in [4.69, 9.17) is 0 Å². The van der Waals surface area contributed by atoms with Gasteiger partial charge in [0.25, 0.3) is 0 Å². The summed E-state index contributed by atoms with van der Waals surface area (Å²) in [5.74, 6) is -6.49. The normalized spacial score (nSPS) is 38.9. The lowest BCUT2D eigenvalue weighted by atomic mass is 9.79. The standard InChI is InChI=1S/C35H52N6O10S2/c1-13-23-28(53-17-9-19(36-11-17)29(44)38(5)6)35(23,34(50)51)37-24(13)21(15(3)42)31(46)40-12-18(10-20(40)30(45)39(7)8)52-27-14(2)25-22(16(4)43)32(47)41(25)26(27)33(48)49/h13-25,28,36-37,42-43H,9-12H2,1-8H3,(H,48,49)(H,50,51)/t13-,14+,15+,16+,17-,18-,19-,20-,21+,22+,23-,24?,25+,28?,35?/m0/s1. The highest BCUT2D eigenvalue weighted by Crippen LogP contribution is 2.63. The molecule has 1 aliphatic carbocycles. The SMILES string of the molecule is C[C@@H]1C([C@H](C(=O)N2C[C@@H](SC3=C(C(=O)O)N4C(=O)[C@H]([C@@H](C)O)[C@H]4[C@H]3C)C[C@H]2C(=O)N(C)C)[C@@H](C)O)NC2(C(=O)O)C(S[C@@H]3CN[C@H](C(=O)N(C)C)C3)[C@H]12. The maximum Gasteiger partial charge on any atom is 0.353 e. The number of aliphatic hydroxyl groups excluding tert-OH is 2. The number of hydrogen-bond acceptors (Lipinski definition) is 12. The van der Waals surface area contributed by atoms with E-state index in [1.807, 2.05) is 13.8 Å². The van der Waals surface area contributed by atoms with Crippen molar-refractivity contribution in [2.75, 3.05) is 41.3 Å². The number of piperidine rings is 1. The number of nitrogens with zero attached hydrogens (tertiary/aromatic N) is 4. The molecule has 294 valence electrons. The number of carboxylic acid groups (broad SMARTS) is 2. The third-order valence-electron chi connectivity index (χ3n) is 12.3. The quantitative estimate of drug-likeness (QED) is 0.130. The van der Waals surface area contributed by atoms with Crippen molar-refractivity contribution in [3.8, 4) is 0 Å².